The van der Waals surface area contributed by atoms with Crippen LogP contribution in [0.25, 0.3) is 22.6 Å². The van der Waals surface area contributed by atoms with Crippen LogP contribution < -0.4 is 15.6 Å². The number of nitrogens with zero attached hydrogens (tertiary/aromatic N) is 2. The number of nitrogens with one attached hydrogen (secondary N) is 2. The maximum Gasteiger partial charge on any atom is 0.251 e. The van der Waals surface area contributed by atoms with Gasteiger partial charge in [-0.25, -0.2) is 9.97 Å². The number of pyridine rings is 1. The molecule has 34 heavy (non-hydrogen) atoms. The van der Waals surface area contributed by atoms with Crippen molar-refractivity contribution in [2.24, 2.45) is 5.92 Å². The Balaban J connectivity index is 1.72. The molecule has 2 heterocycles. The molecule has 3 aromatic rings. The first kappa shape index (κ1) is 25.9. The lowest BCUT2D eigenvalue weighted by molar-refractivity contribution is 0.0965. The molecule has 7 nitrogen and oxygen atoms in total. The highest BCUT2D eigenvalue weighted by Gasteiger charge is 2.11. The quantitative estimate of drug-likeness (QED) is 0.328. The van der Waals surface area contributed by atoms with Crippen molar-refractivity contribution in [3.63, 3.8) is 0 Å². The lowest BCUT2D eigenvalue weighted by Gasteiger charge is -2.11. The van der Waals surface area contributed by atoms with Crippen LogP contribution in [-0.2, 0) is 11.3 Å². The van der Waals surface area contributed by atoms with Crippen molar-refractivity contribution in [3.8, 4) is 28.5 Å². The summed E-state index contributed by atoms with van der Waals surface area (Å²) in [4.78, 5) is 24.2. The number of aromatic amines is 1. The largest absolute Gasteiger partial charge is 0.475 e. The molecule has 0 unspecified atom stereocenters. The zero-order chi connectivity index (χ0) is 24.3. The van der Waals surface area contributed by atoms with Gasteiger partial charge in [-0.2, -0.15) is 0 Å². The molecule has 8 heteroatoms. The molecule has 3 rings (SSSR count). The predicted octanol–water partition coefficient (Wildman–Crippen LogP) is 5.09. The van der Waals surface area contributed by atoms with E-state index in [-0.39, 0.29) is 5.56 Å². The Hall–Kier alpha value is -2.74. The number of H-pyrrole nitrogens is 1. The smallest absolute Gasteiger partial charge is 0.251 e. The van der Waals surface area contributed by atoms with Crippen LogP contribution in [0.3, 0.4) is 0 Å². The summed E-state index contributed by atoms with van der Waals surface area (Å²) in [7, 11) is 0. The number of hydrogen-bond acceptors (Lipinski definition) is 6. The molecule has 0 amide bonds. The Morgan fingerprint density at radius 1 is 1.12 bits per heavy atom. The van der Waals surface area contributed by atoms with Gasteiger partial charge >= 0.3 is 0 Å². The molecule has 0 spiro atoms. The van der Waals surface area contributed by atoms with Crippen LogP contribution in [0.15, 0.2) is 47.4 Å². The highest BCUT2D eigenvalue weighted by atomic mass is 35.5. The first-order valence-corrected chi connectivity index (χ1v) is 12.1. The molecule has 0 aliphatic rings. The number of aromatic nitrogens is 3. The molecule has 182 valence electrons. The second-order valence-corrected chi connectivity index (χ2v) is 8.92. The van der Waals surface area contributed by atoms with Crippen molar-refractivity contribution in [2.75, 3.05) is 26.4 Å². The molecule has 0 atom stereocenters. The van der Waals surface area contributed by atoms with E-state index in [1.807, 2.05) is 24.3 Å². The molecule has 0 aliphatic carbocycles. The molecule has 0 radical (unpaired) electrons. The summed E-state index contributed by atoms with van der Waals surface area (Å²) in [5, 5.41) is 3.94. The third-order valence-corrected chi connectivity index (χ3v) is 5.39. The fraction of sp³-hybridized carbons (Fsp3) is 0.423. The Kier molecular flexibility index (Phi) is 10.1. The van der Waals surface area contributed by atoms with Crippen LogP contribution in [0.4, 0.5) is 0 Å². The Morgan fingerprint density at radius 2 is 1.97 bits per heavy atom. The van der Waals surface area contributed by atoms with E-state index in [1.165, 1.54) is 6.07 Å². The van der Waals surface area contributed by atoms with Crippen molar-refractivity contribution in [2.45, 2.75) is 40.2 Å². The van der Waals surface area contributed by atoms with Crippen LogP contribution >= 0.6 is 11.6 Å². The van der Waals surface area contributed by atoms with E-state index < -0.39 is 0 Å². The second kappa shape index (κ2) is 13.2. The summed E-state index contributed by atoms with van der Waals surface area (Å²) in [5.74, 6) is 1.48. The summed E-state index contributed by atoms with van der Waals surface area (Å²) in [6.07, 6.45) is 3.80. The van der Waals surface area contributed by atoms with Gasteiger partial charge in [0.25, 0.3) is 5.56 Å². The summed E-state index contributed by atoms with van der Waals surface area (Å²) in [5.41, 5.74) is 2.71. The molecule has 0 aliphatic heterocycles. The van der Waals surface area contributed by atoms with Crippen molar-refractivity contribution >= 4 is 11.6 Å². The first-order chi connectivity index (χ1) is 16.5. The molecule has 2 aromatic heterocycles. The van der Waals surface area contributed by atoms with E-state index in [0.717, 1.165) is 31.6 Å². The average Bonchev–Trinajstić information content (AvgIpc) is 2.82. The molecule has 1 aromatic carbocycles. The lowest BCUT2D eigenvalue weighted by Crippen LogP contribution is -2.19. The number of benzene rings is 1. The number of halogens is 1. The molecule has 0 bridgehead atoms. The third kappa shape index (κ3) is 7.94. The van der Waals surface area contributed by atoms with Crippen molar-refractivity contribution in [1.29, 1.82) is 0 Å². The lowest BCUT2D eigenvalue weighted by atomic mass is 10.1. The molecule has 0 saturated heterocycles. The summed E-state index contributed by atoms with van der Waals surface area (Å²) in [6, 6.07) is 10.8. The van der Waals surface area contributed by atoms with Crippen LogP contribution in [0.5, 0.6) is 5.88 Å². The maximum absolute atomic E-state index is 12.4. The van der Waals surface area contributed by atoms with Gasteiger partial charge in [0, 0.05) is 42.6 Å². The Morgan fingerprint density at radius 3 is 2.71 bits per heavy atom. The molecule has 0 fully saturated rings. The van der Waals surface area contributed by atoms with Gasteiger partial charge in [-0.15, -0.1) is 0 Å². The van der Waals surface area contributed by atoms with E-state index in [0.29, 0.717) is 59.2 Å². The van der Waals surface area contributed by atoms with Gasteiger partial charge in [0.2, 0.25) is 5.88 Å². The van der Waals surface area contributed by atoms with Crippen LogP contribution in [-0.4, -0.2) is 41.3 Å². The Labute approximate surface area is 205 Å². The van der Waals surface area contributed by atoms with Gasteiger partial charge in [0.05, 0.1) is 17.3 Å². The summed E-state index contributed by atoms with van der Waals surface area (Å²) >= 11 is 6.45. The maximum atomic E-state index is 12.4. The normalized spacial score (nSPS) is 11.2. The van der Waals surface area contributed by atoms with E-state index in [1.54, 1.807) is 12.3 Å². The van der Waals surface area contributed by atoms with Gasteiger partial charge in [0.15, 0.2) is 0 Å². The minimum absolute atomic E-state index is 0.260. The number of hydrogen-bond donors (Lipinski definition) is 2. The van der Waals surface area contributed by atoms with Crippen molar-refractivity contribution in [1.82, 2.24) is 20.3 Å². The van der Waals surface area contributed by atoms with Crippen molar-refractivity contribution < 1.29 is 9.47 Å². The molecule has 2 N–H and O–H groups in total. The Bertz CT molecular complexity index is 1100. The van der Waals surface area contributed by atoms with Crippen LogP contribution in [0, 0.1) is 5.92 Å². The monoisotopic (exact) mass is 484 g/mol. The molecular formula is C26H33ClN4O3. The van der Waals surface area contributed by atoms with E-state index in [2.05, 4.69) is 41.0 Å². The fourth-order valence-corrected chi connectivity index (χ4v) is 3.48. The molecular weight excluding hydrogens is 452 g/mol. The van der Waals surface area contributed by atoms with Gasteiger partial charge in [0.1, 0.15) is 12.4 Å². The SMILES string of the molecule is CCCCOCCOc1ccc(-c2cc(=O)[nH]c(-c3cc(CNCC(C)C)ccc3Cl)n2)cn1. The number of ether oxygens (including phenoxy) is 2. The zero-order valence-corrected chi connectivity index (χ0v) is 20.8. The predicted molar refractivity (Wildman–Crippen MR) is 136 cm³/mol. The minimum atomic E-state index is -0.260. The van der Waals surface area contributed by atoms with E-state index >= 15 is 0 Å². The number of rotatable bonds is 13. The number of unbranched alkanes of at least 4 members (excludes halogenated alkanes) is 1. The third-order valence-electron chi connectivity index (χ3n) is 5.06. The topological polar surface area (TPSA) is 89.1 Å². The van der Waals surface area contributed by atoms with Gasteiger partial charge in [-0.1, -0.05) is 44.9 Å². The zero-order valence-electron chi connectivity index (χ0n) is 20.1. The molecule has 0 saturated carbocycles. The summed E-state index contributed by atoms with van der Waals surface area (Å²) in [6.45, 7) is 9.78. The highest BCUT2D eigenvalue weighted by molar-refractivity contribution is 6.33. The van der Waals surface area contributed by atoms with E-state index in [9.17, 15) is 4.79 Å². The minimum Gasteiger partial charge on any atom is -0.475 e. The fourth-order valence-electron chi connectivity index (χ4n) is 3.27. The van der Waals surface area contributed by atoms with E-state index in [4.69, 9.17) is 21.1 Å². The average molecular weight is 485 g/mol. The first-order valence-electron chi connectivity index (χ1n) is 11.7. The highest BCUT2D eigenvalue weighted by Crippen LogP contribution is 2.27. The summed E-state index contributed by atoms with van der Waals surface area (Å²) < 4.78 is 11.1. The van der Waals surface area contributed by atoms with Crippen LogP contribution in [0.1, 0.15) is 39.2 Å². The standard InChI is InChI=1S/C26H33ClN4O3/c1-4-5-10-33-11-12-34-25-9-7-20(17-29-25)23-14-24(32)31-26(30-23)21-13-19(6-8-22(21)27)16-28-15-18(2)3/h6-9,13-14,17-18,28H,4-5,10-12,15-16H2,1-3H3,(H,30,31,32). The van der Waals surface area contributed by atoms with Gasteiger partial charge in [-0.3, -0.25) is 4.79 Å². The van der Waals surface area contributed by atoms with Gasteiger partial charge < -0.3 is 19.8 Å². The second-order valence-electron chi connectivity index (χ2n) is 8.52. The van der Waals surface area contributed by atoms with Crippen molar-refractivity contribution in [3.05, 3.63) is 63.5 Å². The van der Waals surface area contributed by atoms with Gasteiger partial charge in [-0.05, 0) is 42.6 Å². The van der Waals surface area contributed by atoms with Crippen LogP contribution in [0.2, 0.25) is 5.02 Å².